The predicted octanol–water partition coefficient (Wildman–Crippen LogP) is 1.17. The Morgan fingerprint density at radius 3 is 3.12 bits per heavy atom. The van der Waals surface area contributed by atoms with Crippen LogP contribution in [-0.4, -0.2) is 29.1 Å². The topological polar surface area (TPSA) is 65.2 Å². The standard InChI is InChI=1S/C11H16N2O3/c1-8(14)2-3-11-12-10(13-16-11)6-9-4-5-15-7-9/h9H,2-7H2,1H3. The normalized spacial score (nSPS) is 20.2. The number of Topliss-reactive ketones (excluding diaryl/α,β-unsaturated/α-hetero) is 1. The van der Waals surface area contributed by atoms with Crippen LogP contribution in [0.5, 0.6) is 0 Å². The first-order valence-corrected chi connectivity index (χ1v) is 5.62. The molecule has 88 valence electrons. The Morgan fingerprint density at radius 2 is 2.44 bits per heavy atom. The van der Waals surface area contributed by atoms with Gasteiger partial charge in [-0.15, -0.1) is 0 Å². The molecular formula is C11H16N2O3. The van der Waals surface area contributed by atoms with E-state index < -0.39 is 0 Å². The van der Waals surface area contributed by atoms with Crippen LogP contribution in [0.4, 0.5) is 0 Å². The summed E-state index contributed by atoms with van der Waals surface area (Å²) in [5, 5.41) is 3.90. The molecule has 1 aliphatic heterocycles. The van der Waals surface area contributed by atoms with Crippen molar-refractivity contribution in [1.82, 2.24) is 10.1 Å². The first kappa shape index (κ1) is 11.3. The minimum absolute atomic E-state index is 0.143. The molecule has 1 atom stereocenters. The molecule has 2 heterocycles. The fourth-order valence-electron chi connectivity index (χ4n) is 1.76. The van der Waals surface area contributed by atoms with Gasteiger partial charge in [0.15, 0.2) is 5.82 Å². The van der Waals surface area contributed by atoms with E-state index in [1.165, 1.54) is 0 Å². The lowest BCUT2D eigenvalue weighted by Crippen LogP contribution is -2.05. The van der Waals surface area contributed by atoms with Gasteiger partial charge in [0.1, 0.15) is 5.78 Å². The number of carbonyl (C=O) groups excluding carboxylic acids is 1. The molecule has 0 bridgehead atoms. The zero-order chi connectivity index (χ0) is 11.4. The Labute approximate surface area is 94.2 Å². The van der Waals surface area contributed by atoms with Crippen molar-refractivity contribution in [3.05, 3.63) is 11.7 Å². The van der Waals surface area contributed by atoms with Gasteiger partial charge in [0.2, 0.25) is 5.89 Å². The number of ether oxygens (including phenoxy) is 1. The van der Waals surface area contributed by atoms with Crippen LogP contribution >= 0.6 is 0 Å². The zero-order valence-electron chi connectivity index (χ0n) is 9.44. The lowest BCUT2D eigenvalue weighted by Gasteiger charge is -2.00. The van der Waals surface area contributed by atoms with Crippen molar-refractivity contribution in [2.24, 2.45) is 5.92 Å². The molecule has 0 saturated carbocycles. The number of rotatable bonds is 5. The summed E-state index contributed by atoms with van der Waals surface area (Å²) < 4.78 is 10.4. The van der Waals surface area contributed by atoms with Gasteiger partial charge in [-0.3, -0.25) is 0 Å². The quantitative estimate of drug-likeness (QED) is 0.751. The number of ketones is 1. The van der Waals surface area contributed by atoms with Crippen LogP contribution < -0.4 is 0 Å². The van der Waals surface area contributed by atoms with Gasteiger partial charge in [0.25, 0.3) is 0 Å². The molecule has 0 amide bonds. The van der Waals surface area contributed by atoms with E-state index in [-0.39, 0.29) is 5.78 Å². The van der Waals surface area contributed by atoms with Gasteiger partial charge in [-0.25, -0.2) is 0 Å². The molecule has 0 aromatic carbocycles. The Balaban J connectivity index is 1.84. The van der Waals surface area contributed by atoms with E-state index in [1.807, 2.05) is 0 Å². The first-order valence-electron chi connectivity index (χ1n) is 5.62. The van der Waals surface area contributed by atoms with Crippen LogP contribution in [0.15, 0.2) is 4.52 Å². The van der Waals surface area contributed by atoms with Crippen molar-refractivity contribution in [2.75, 3.05) is 13.2 Å². The molecule has 2 rings (SSSR count). The van der Waals surface area contributed by atoms with Crippen LogP contribution in [0, 0.1) is 5.92 Å². The summed E-state index contributed by atoms with van der Waals surface area (Å²) in [6.45, 7) is 3.18. The Bertz CT molecular complexity index is 356. The smallest absolute Gasteiger partial charge is 0.227 e. The van der Waals surface area contributed by atoms with Crippen LogP contribution in [-0.2, 0) is 22.4 Å². The molecule has 0 radical (unpaired) electrons. The van der Waals surface area contributed by atoms with Crippen molar-refractivity contribution in [2.45, 2.75) is 32.6 Å². The lowest BCUT2D eigenvalue weighted by molar-refractivity contribution is -0.117. The Morgan fingerprint density at radius 1 is 1.56 bits per heavy atom. The minimum atomic E-state index is 0.143. The number of aromatic nitrogens is 2. The summed E-state index contributed by atoms with van der Waals surface area (Å²) in [6.07, 6.45) is 2.89. The van der Waals surface area contributed by atoms with Gasteiger partial charge in [0.05, 0.1) is 0 Å². The average Bonchev–Trinajstić information content (AvgIpc) is 2.87. The second kappa shape index (κ2) is 5.21. The van der Waals surface area contributed by atoms with Crippen LogP contribution in [0.1, 0.15) is 31.5 Å². The highest BCUT2D eigenvalue weighted by atomic mass is 16.5. The third kappa shape index (κ3) is 3.13. The Kier molecular flexibility index (Phi) is 3.66. The highest BCUT2D eigenvalue weighted by Gasteiger charge is 2.19. The molecule has 0 aliphatic carbocycles. The molecule has 0 spiro atoms. The van der Waals surface area contributed by atoms with E-state index in [1.54, 1.807) is 6.92 Å². The molecular weight excluding hydrogens is 208 g/mol. The summed E-state index contributed by atoms with van der Waals surface area (Å²) in [5.74, 6) is 1.94. The molecule has 1 aliphatic rings. The monoisotopic (exact) mass is 224 g/mol. The highest BCUT2D eigenvalue weighted by Crippen LogP contribution is 2.16. The molecule has 16 heavy (non-hydrogen) atoms. The SMILES string of the molecule is CC(=O)CCc1nc(CC2CCOC2)no1. The second-order valence-corrected chi connectivity index (χ2v) is 4.24. The van der Waals surface area contributed by atoms with Crippen molar-refractivity contribution >= 4 is 5.78 Å². The maximum absolute atomic E-state index is 10.8. The minimum Gasteiger partial charge on any atom is -0.381 e. The number of aryl methyl sites for hydroxylation is 1. The largest absolute Gasteiger partial charge is 0.381 e. The average molecular weight is 224 g/mol. The molecule has 5 heteroatoms. The number of hydrogen-bond acceptors (Lipinski definition) is 5. The maximum Gasteiger partial charge on any atom is 0.227 e. The Hall–Kier alpha value is -1.23. The van der Waals surface area contributed by atoms with Gasteiger partial charge in [-0.05, 0) is 19.3 Å². The fourth-order valence-corrected chi connectivity index (χ4v) is 1.76. The summed E-state index contributed by atoms with van der Waals surface area (Å²) >= 11 is 0. The van der Waals surface area contributed by atoms with Crippen LogP contribution in [0.2, 0.25) is 0 Å². The molecule has 1 saturated heterocycles. The van der Waals surface area contributed by atoms with Crippen molar-refractivity contribution in [3.8, 4) is 0 Å². The van der Waals surface area contributed by atoms with Gasteiger partial charge < -0.3 is 14.1 Å². The van der Waals surface area contributed by atoms with Gasteiger partial charge in [-0.2, -0.15) is 4.98 Å². The number of nitrogens with zero attached hydrogens (tertiary/aromatic N) is 2. The zero-order valence-corrected chi connectivity index (χ0v) is 9.44. The predicted molar refractivity (Wildman–Crippen MR) is 55.9 cm³/mol. The second-order valence-electron chi connectivity index (χ2n) is 4.24. The molecule has 1 aromatic heterocycles. The van der Waals surface area contributed by atoms with Crippen molar-refractivity contribution in [3.63, 3.8) is 0 Å². The number of carbonyl (C=O) groups is 1. The van der Waals surface area contributed by atoms with Gasteiger partial charge in [0, 0.05) is 32.5 Å². The van der Waals surface area contributed by atoms with E-state index in [0.29, 0.717) is 24.7 Å². The van der Waals surface area contributed by atoms with E-state index in [9.17, 15) is 4.79 Å². The van der Waals surface area contributed by atoms with Gasteiger partial charge >= 0.3 is 0 Å². The van der Waals surface area contributed by atoms with E-state index in [2.05, 4.69) is 10.1 Å². The summed E-state index contributed by atoms with van der Waals surface area (Å²) in [5.41, 5.74) is 0. The fraction of sp³-hybridized carbons (Fsp3) is 0.727. The van der Waals surface area contributed by atoms with E-state index in [4.69, 9.17) is 9.26 Å². The van der Waals surface area contributed by atoms with Crippen molar-refractivity contribution in [1.29, 1.82) is 0 Å². The molecule has 1 fully saturated rings. The van der Waals surface area contributed by atoms with Crippen LogP contribution in [0.3, 0.4) is 0 Å². The summed E-state index contributed by atoms with van der Waals surface area (Å²) in [7, 11) is 0. The molecule has 1 unspecified atom stereocenters. The molecule has 1 aromatic rings. The summed E-state index contributed by atoms with van der Waals surface area (Å²) in [6, 6.07) is 0. The maximum atomic E-state index is 10.8. The van der Waals surface area contributed by atoms with E-state index in [0.717, 1.165) is 31.9 Å². The van der Waals surface area contributed by atoms with Crippen LogP contribution in [0.25, 0.3) is 0 Å². The third-order valence-corrected chi connectivity index (χ3v) is 2.70. The molecule has 0 N–H and O–H groups in total. The third-order valence-electron chi connectivity index (χ3n) is 2.70. The highest BCUT2D eigenvalue weighted by molar-refractivity contribution is 5.75. The van der Waals surface area contributed by atoms with E-state index >= 15 is 0 Å². The van der Waals surface area contributed by atoms with Gasteiger partial charge in [-0.1, -0.05) is 5.16 Å². The summed E-state index contributed by atoms with van der Waals surface area (Å²) in [4.78, 5) is 15.1. The lowest BCUT2D eigenvalue weighted by atomic mass is 10.1. The molecule has 5 nitrogen and oxygen atoms in total. The number of hydrogen-bond donors (Lipinski definition) is 0. The van der Waals surface area contributed by atoms with Crippen molar-refractivity contribution < 1.29 is 14.1 Å². The first-order chi connectivity index (χ1) is 7.74.